The minimum Gasteiger partial charge on any atom is -0.441 e. The first-order chi connectivity index (χ1) is 13.8. The molecule has 0 unspecified atom stereocenters. The molecule has 0 spiro atoms. The van der Waals surface area contributed by atoms with Crippen LogP contribution in [-0.4, -0.2) is 22.8 Å². The summed E-state index contributed by atoms with van der Waals surface area (Å²) in [6.45, 7) is -0.0916. The van der Waals surface area contributed by atoms with Crippen molar-refractivity contribution in [1.29, 1.82) is 0 Å². The minimum atomic E-state index is -4.44. The molecular formula is C22H21F3N2O2. The minimum absolute atomic E-state index is 0.0797. The van der Waals surface area contributed by atoms with Gasteiger partial charge in [0.1, 0.15) is 0 Å². The van der Waals surface area contributed by atoms with E-state index in [1.165, 1.54) is 30.1 Å². The molecular weight excluding hydrogens is 381 g/mol. The van der Waals surface area contributed by atoms with Crippen LogP contribution in [0.1, 0.15) is 29.9 Å². The Labute approximate surface area is 167 Å². The molecule has 3 aromatic rings. The second-order valence-corrected chi connectivity index (χ2v) is 6.74. The smallest absolute Gasteiger partial charge is 0.416 e. The SMILES string of the molecule is CN(Cc1ccccc1C(F)(F)F)C(=O)CCCc1ncc(-c2ccccc2)o1. The molecule has 2 aromatic carbocycles. The Balaban J connectivity index is 1.52. The van der Waals surface area contributed by atoms with Crippen molar-refractivity contribution in [2.45, 2.75) is 32.0 Å². The summed E-state index contributed by atoms with van der Waals surface area (Å²) in [4.78, 5) is 17.9. The fourth-order valence-corrected chi connectivity index (χ4v) is 3.02. The molecule has 0 saturated heterocycles. The lowest BCUT2D eigenvalue weighted by molar-refractivity contribution is -0.139. The molecule has 152 valence electrons. The van der Waals surface area contributed by atoms with Crippen LogP contribution in [-0.2, 0) is 23.9 Å². The summed E-state index contributed by atoms with van der Waals surface area (Å²) < 4.78 is 45.0. The molecule has 4 nitrogen and oxygen atoms in total. The molecule has 1 aromatic heterocycles. The summed E-state index contributed by atoms with van der Waals surface area (Å²) in [6, 6.07) is 14.9. The van der Waals surface area contributed by atoms with Crippen molar-refractivity contribution in [3.05, 3.63) is 77.8 Å². The Morgan fingerprint density at radius 1 is 1.07 bits per heavy atom. The zero-order valence-electron chi connectivity index (χ0n) is 15.9. The zero-order chi connectivity index (χ0) is 20.9. The first-order valence-corrected chi connectivity index (χ1v) is 9.24. The predicted octanol–water partition coefficient (Wildman–Crippen LogP) is 5.34. The molecule has 0 saturated carbocycles. The van der Waals surface area contributed by atoms with Gasteiger partial charge >= 0.3 is 6.18 Å². The van der Waals surface area contributed by atoms with Gasteiger partial charge in [0.15, 0.2) is 11.7 Å². The van der Waals surface area contributed by atoms with E-state index in [2.05, 4.69) is 4.98 Å². The first kappa shape index (κ1) is 20.6. The topological polar surface area (TPSA) is 46.3 Å². The van der Waals surface area contributed by atoms with E-state index in [-0.39, 0.29) is 24.4 Å². The molecule has 0 bridgehead atoms. The van der Waals surface area contributed by atoms with Crippen LogP contribution in [0, 0.1) is 0 Å². The van der Waals surface area contributed by atoms with Gasteiger partial charge in [0.2, 0.25) is 5.91 Å². The summed E-state index contributed by atoms with van der Waals surface area (Å²) in [5.74, 6) is 0.964. The summed E-state index contributed by atoms with van der Waals surface area (Å²) in [5, 5.41) is 0. The van der Waals surface area contributed by atoms with Gasteiger partial charge in [0, 0.05) is 32.0 Å². The molecule has 7 heteroatoms. The van der Waals surface area contributed by atoms with E-state index in [0.29, 0.717) is 24.5 Å². The first-order valence-electron chi connectivity index (χ1n) is 9.24. The highest BCUT2D eigenvalue weighted by Crippen LogP contribution is 2.32. The van der Waals surface area contributed by atoms with Crippen molar-refractivity contribution >= 4 is 5.91 Å². The van der Waals surface area contributed by atoms with Crippen LogP contribution in [0.15, 0.2) is 65.2 Å². The number of hydrogen-bond acceptors (Lipinski definition) is 3. The number of aromatic nitrogens is 1. The third-order valence-electron chi connectivity index (χ3n) is 4.55. The summed E-state index contributed by atoms with van der Waals surface area (Å²) in [5.41, 5.74) is 0.286. The number of benzene rings is 2. The number of aryl methyl sites for hydroxylation is 1. The van der Waals surface area contributed by atoms with Crippen LogP contribution in [0.4, 0.5) is 13.2 Å². The number of carbonyl (C=O) groups excluding carboxylic acids is 1. The Kier molecular flexibility index (Phi) is 6.36. The largest absolute Gasteiger partial charge is 0.441 e. The molecule has 1 heterocycles. The van der Waals surface area contributed by atoms with Gasteiger partial charge in [-0.15, -0.1) is 0 Å². The van der Waals surface area contributed by atoms with Crippen molar-refractivity contribution in [2.75, 3.05) is 7.05 Å². The van der Waals surface area contributed by atoms with Crippen molar-refractivity contribution in [3.8, 4) is 11.3 Å². The van der Waals surface area contributed by atoms with Crippen molar-refractivity contribution in [3.63, 3.8) is 0 Å². The highest BCUT2D eigenvalue weighted by molar-refractivity contribution is 5.75. The monoisotopic (exact) mass is 402 g/mol. The quantitative estimate of drug-likeness (QED) is 0.536. The number of hydrogen-bond donors (Lipinski definition) is 0. The van der Waals surface area contributed by atoms with E-state index in [1.807, 2.05) is 30.3 Å². The van der Waals surface area contributed by atoms with Crippen LogP contribution in [0.5, 0.6) is 0 Å². The normalized spacial score (nSPS) is 11.4. The summed E-state index contributed by atoms with van der Waals surface area (Å²) in [7, 11) is 1.51. The molecule has 1 amide bonds. The number of alkyl halides is 3. The van der Waals surface area contributed by atoms with E-state index < -0.39 is 11.7 Å². The van der Waals surface area contributed by atoms with E-state index in [0.717, 1.165) is 11.6 Å². The lowest BCUT2D eigenvalue weighted by Crippen LogP contribution is -2.27. The van der Waals surface area contributed by atoms with Gasteiger partial charge in [-0.3, -0.25) is 4.79 Å². The van der Waals surface area contributed by atoms with Crippen LogP contribution in [0.3, 0.4) is 0 Å². The number of rotatable bonds is 7. The molecule has 0 aliphatic carbocycles. The highest BCUT2D eigenvalue weighted by Gasteiger charge is 2.33. The number of nitrogens with zero attached hydrogens (tertiary/aromatic N) is 2. The third-order valence-corrected chi connectivity index (χ3v) is 4.55. The average molecular weight is 402 g/mol. The number of halogens is 3. The Morgan fingerprint density at radius 2 is 1.76 bits per heavy atom. The molecule has 29 heavy (non-hydrogen) atoms. The molecule has 0 radical (unpaired) electrons. The number of oxazole rings is 1. The lowest BCUT2D eigenvalue weighted by atomic mass is 10.1. The maximum absolute atomic E-state index is 13.1. The molecule has 0 N–H and O–H groups in total. The highest BCUT2D eigenvalue weighted by atomic mass is 19.4. The Bertz CT molecular complexity index is 952. The van der Waals surface area contributed by atoms with E-state index >= 15 is 0 Å². The molecule has 0 atom stereocenters. The van der Waals surface area contributed by atoms with Gasteiger partial charge in [-0.2, -0.15) is 13.2 Å². The van der Waals surface area contributed by atoms with Gasteiger partial charge in [-0.1, -0.05) is 48.5 Å². The van der Waals surface area contributed by atoms with Crippen LogP contribution < -0.4 is 0 Å². The van der Waals surface area contributed by atoms with Crippen LogP contribution in [0.2, 0.25) is 0 Å². The van der Waals surface area contributed by atoms with Gasteiger partial charge in [-0.25, -0.2) is 4.98 Å². The van der Waals surface area contributed by atoms with Crippen molar-refractivity contribution in [2.24, 2.45) is 0 Å². The summed E-state index contributed by atoms with van der Waals surface area (Å²) in [6.07, 6.45) is -1.62. The van der Waals surface area contributed by atoms with E-state index in [1.54, 1.807) is 6.20 Å². The second kappa shape index (κ2) is 8.94. The molecule has 0 fully saturated rings. The Morgan fingerprint density at radius 3 is 2.48 bits per heavy atom. The average Bonchev–Trinajstić information content (AvgIpc) is 3.17. The van der Waals surface area contributed by atoms with Crippen LogP contribution >= 0.6 is 0 Å². The second-order valence-electron chi connectivity index (χ2n) is 6.74. The number of amides is 1. The van der Waals surface area contributed by atoms with Crippen LogP contribution in [0.25, 0.3) is 11.3 Å². The molecule has 3 rings (SSSR count). The van der Waals surface area contributed by atoms with Crippen molar-refractivity contribution in [1.82, 2.24) is 9.88 Å². The standard InChI is InChI=1S/C22H21F3N2O2/c1-27(15-17-10-5-6-11-18(17)22(23,24)25)21(28)13-7-12-20-26-14-19(29-20)16-8-3-2-4-9-16/h2-6,8-11,14H,7,12-13,15H2,1H3. The third kappa shape index (κ3) is 5.47. The van der Waals surface area contributed by atoms with Gasteiger partial charge in [0.05, 0.1) is 11.8 Å². The predicted molar refractivity (Wildman–Crippen MR) is 103 cm³/mol. The maximum Gasteiger partial charge on any atom is 0.416 e. The number of carbonyl (C=O) groups is 1. The van der Waals surface area contributed by atoms with Gasteiger partial charge < -0.3 is 9.32 Å². The lowest BCUT2D eigenvalue weighted by Gasteiger charge is -2.20. The van der Waals surface area contributed by atoms with E-state index in [4.69, 9.17) is 4.42 Å². The van der Waals surface area contributed by atoms with Crippen molar-refractivity contribution < 1.29 is 22.4 Å². The molecule has 0 aliphatic heterocycles. The Hall–Kier alpha value is -3.09. The summed E-state index contributed by atoms with van der Waals surface area (Å²) >= 11 is 0. The fourth-order valence-electron chi connectivity index (χ4n) is 3.02. The zero-order valence-corrected chi connectivity index (χ0v) is 15.9. The maximum atomic E-state index is 13.1. The van der Waals surface area contributed by atoms with E-state index in [9.17, 15) is 18.0 Å². The van der Waals surface area contributed by atoms with Gasteiger partial charge in [0.25, 0.3) is 0 Å². The van der Waals surface area contributed by atoms with Gasteiger partial charge in [-0.05, 0) is 18.1 Å². The fraction of sp³-hybridized carbons (Fsp3) is 0.273. The molecule has 0 aliphatic rings.